The molecule has 0 aliphatic rings. The van der Waals surface area contributed by atoms with Crippen molar-refractivity contribution >= 4 is 18.4 Å². The summed E-state index contributed by atoms with van der Waals surface area (Å²) in [5.74, 6) is 0.686. The van der Waals surface area contributed by atoms with Crippen molar-refractivity contribution in [2.45, 2.75) is 6.42 Å². The van der Waals surface area contributed by atoms with Crippen LogP contribution in [-0.2, 0) is 4.79 Å². The van der Waals surface area contributed by atoms with E-state index in [1.165, 1.54) is 0 Å². The monoisotopic (exact) mass is 119 g/mol. The Morgan fingerprint density at radius 3 is 2.43 bits per heavy atom. The highest BCUT2D eigenvalue weighted by Gasteiger charge is 1.92. The van der Waals surface area contributed by atoms with Gasteiger partial charge in [0.15, 0.2) is 0 Å². The smallest absolute Gasteiger partial charge is 0.147 e. The number of nitrogens with two attached hydrogens (primary N) is 1. The molecule has 42 valence electrons. The van der Waals surface area contributed by atoms with E-state index in [2.05, 4.69) is 12.6 Å². The largest absolute Gasteiger partial charge is 0.324 e. The molecule has 0 atom stereocenters. The molecule has 0 amide bonds. The minimum atomic E-state index is 0.0787. The number of carbonyl (C=O) groups is 1. The topological polar surface area (TPSA) is 43.1 Å². The number of hydrogen-bond acceptors (Lipinski definition) is 3. The van der Waals surface area contributed by atoms with Crippen molar-refractivity contribution in [3.05, 3.63) is 0 Å². The fourth-order valence-corrected chi connectivity index (χ4v) is 0.476. The number of Topliss-reactive ketones (excluding diaryl/α,β-unsaturated/α-hetero) is 1. The number of rotatable bonds is 3. The summed E-state index contributed by atoms with van der Waals surface area (Å²) in [5.41, 5.74) is 4.97. The van der Waals surface area contributed by atoms with Crippen LogP contribution < -0.4 is 5.73 Å². The highest BCUT2D eigenvalue weighted by Crippen LogP contribution is 1.82. The second-order valence-electron chi connectivity index (χ2n) is 1.22. The van der Waals surface area contributed by atoms with Crippen LogP contribution in [0.5, 0.6) is 0 Å². The van der Waals surface area contributed by atoms with Crippen molar-refractivity contribution in [1.29, 1.82) is 0 Å². The molecular weight excluding hydrogens is 110 g/mol. The third-order valence-corrected chi connectivity index (χ3v) is 0.842. The Hall–Kier alpha value is -0.0200. The average Bonchev–Trinajstić information content (AvgIpc) is 1.68. The molecule has 7 heavy (non-hydrogen) atoms. The van der Waals surface area contributed by atoms with E-state index in [0.717, 1.165) is 0 Å². The Labute approximate surface area is 48.5 Å². The van der Waals surface area contributed by atoms with E-state index in [1.54, 1.807) is 0 Å². The van der Waals surface area contributed by atoms with Crippen molar-refractivity contribution in [1.82, 2.24) is 0 Å². The van der Waals surface area contributed by atoms with Crippen LogP contribution in [0.2, 0.25) is 0 Å². The maximum atomic E-state index is 10.2. The third kappa shape index (κ3) is 3.82. The lowest BCUT2D eigenvalue weighted by Gasteiger charge is -1.87. The molecule has 0 radical (unpaired) electrons. The van der Waals surface area contributed by atoms with Gasteiger partial charge in [-0.15, -0.1) is 0 Å². The fraction of sp³-hybridized carbons (Fsp3) is 0.750. The maximum Gasteiger partial charge on any atom is 0.147 e. The van der Waals surface area contributed by atoms with Crippen LogP contribution in [0.3, 0.4) is 0 Å². The minimum Gasteiger partial charge on any atom is -0.324 e. The lowest BCUT2D eigenvalue weighted by molar-refractivity contribution is -0.117. The molecule has 0 spiro atoms. The first kappa shape index (κ1) is 6.98. The van der Waals surface area contributed by atoms with E-state index in [0.29, 0.717) is 12.2 Å². The summed E-state index contributed by atoms with van der Waals surface area (Å²) in [6.45, 7) is 0.153. The zero-order chi connectivity index (χ0) is 5.70. The molecule has 0 aromatic rings. The van der Waals surface area contributed by atoms with Gasteiger partial charge in [-0.1, -0.05) is 0 Å². The van der Waals surface area contributed by atoms with Crippen molar-refractivity contribution < 1.29 is 4.79 Å². The number of thiol groups is 1. The Morgan fingerprint density at radius 2 is 2.29 bits per heavy atom. The fourth-order valence-electron chi connectivity index (χ4n) is 0.227. The van der Waals surface area contributed by atoms with Gasteiger partial charge in [0.25, 0.3) is 0 Å². The van der Waals surface area contributed by atoms with Gasteiger partial charge in [-0.05, 0) is 5.75 Å². The number of carbonyl (C=O) groups excluding carboxylic acids is 1. The van der Waals surface area contributed by atoms with Crippen LogP contribution in [0.15, 0.2) is 0 Å². The lowest BCUT2D eigenvalue weighted by Crippen LogP contribution is -2.13. The minimum absolute atomic E-state index is 0.0787. The van der Waals surface area contributed by atoms with Crippen molar-refractivity contribution in [2.24, 2.45) is 5.73 Å². The standard InChI is InChI=1S/C4H9NOS/c5-3-4(6)1-2-7/h7H,1-3,5H2. The summed E-state index contributed by atoms with van der Waals surface area (Å²) in [7, 11) is 0. The van der Waals surface area contributed by atoms with Gasteiger partial charge in [0, 0.05) is 6.42 Å². The Bertz CT molecular complexity index is 64.7. The van der Waals surface area contributed by atoms with E-state index < -0.39 is 0 Å². The van der Waals surface area contributed by atoms with Crippen LogP contribution in [0.1, 0.15) is 6.42 Å². The highest BCUT2D eigenvalue weighted by atomic mass is 32.1. The highest BCUT2D eigenvalue weighted by molar-refractivity contribution is 7.80. The first-order chi connectivity index (χ1) is 3.31. The molecule has 0 bridgehead atoms. The molecule has 0 rings (SSSR count). The summed E-state index contributed by atoms with van der Waals surface area (Å²) >= 11 is 3.84. The lowest BCUT2D eigenvalue weighted by atomic mass is 10.3. The van der Waals surface area contributed by atoms with E-state index in [-0.39, 0.29) is 12.3 Å². The van der Waals surface area contributed by atoms with Gasteiger partial charge in [0.2, 0.25) is 0 Å². The average molecular weight is 119 g/mol. The maximum absolute atomic E-state index is 10.2. The molecular formula is C4H9NOS. The predicted octanol–water partition coefficient (Wildman–Crippen LogP) is -0.166. The van der Waals surface area contributed by atoms with E-state index in [9.17, 15) is 4.79 Å². The van der Waals surface area contributed by atoms with Crippen molar-refractivity contribution in [3.63, 3.8) is 0 Å². The molecule has 0 saturated heterocycles. The molecule has 2 N–H and O–H groups in total. The third-order valence-electron chi connectivity index (χ3n) is 0.618. The molecule has 0 aromatic carbocycles. The molecule has 0 aliphatic heterocycles. The van der Waals surface area contributed by atoms with Crippen molar-refractivity contribution in [2.75, 3.05) is 12.3 Å². The number of ketones is 1. The van der Waals surface area contributed by atoms with E-state index in [1.807, 2.05) is 0 Å². The van der Waals surface area contributed by atoms with Gasteiger partial charge < -0.3 is 5.73 Å². The normalized spacial score (nSPS) is 8.86. The molecule has 2 nitrogen and oxygen atoms in total. The van der Waals surface area contributed by atoms with Crippen LogP contribution in [-0.4, -0.2) is 18.1 Å². The van der Waals surface area contributed by atoms with Crippen molar-refractivity contribution in [3.8, 4) is 0 Å². The SMILES string of the molecule is NCC(=O)CCS. The van der Waals surface area contributed by atoms with Gasteiger partial charge in [-0.25, -0.2) is 0 Å². The first-order valence-corrected chi connectivity index (χ1v) is 2.77. The zero-order valence-corrected chi connectivity index (χ0v) is 4.95. The summed E-state index contributed by atoms with van der Waals surface area (Å²) in [6, 6.07) is 0. The second-order valence-corrected chi connectivity index (χ2v) is 1.66. The van der Waals surface area contributed by atoms with Crippen LogP contribution in [0.4, 0.5) is 0 Å². The summed E-state index contributed by atoms with van der Waals surface area (Å²) in [5, 5.41) is 0. The predicted molar refractivity (Wildman–Crippen MR) is 32.5 cm³/mol. The zero-order valence-electron chi connectivity index (χ0n) is 4.05. The van der Waals surface area contributed by atoms with Gasteiger partial charge in [0.1, 0.15) is 5.78 Å². The molecule has 0 heterocycles. The van der Waals surface area contributed by atoms with E-state index >= 15 is 0 Å². The van der Waals surface area contributed by atoms with Gasteiger partial charge >= 0.3 is 0 Å². The molecule has 0 aliphatic carbocycles. The summed E-state index contributed by atoms with van der Waals surface area (Å²) in [6.07, 6.45) is 0.500. The van der Waals surface area contributed by atoms with E-state index in [4.69, 9.17) is 5.73 Å². The Kier molecular flexibility index (Phi) is 4.14. The van der Waals surface area contributed by atoms with Crippen LogP contribution in [0.25, 0.3) is 0 Å². The first-order valence-electron chi connectivity index (χ1n) is 2.14. The molecule has 0 unspecified atom stereocenters. The van der Waals surface area contributed by atoms with Gasteiger partial charge in [0.05, 0.1) is 6.54 Å². The Morgan fingerprint density at radius 1 is 1.71 bits per heavy atom. The molecule has 0 saturated carbocycles. The number of hydrogen-bond donors (Lipinski definition) is 2. The second kappa shape index (κ2) is 4.15. The van der Waals surface area contributed by atoms with Gasteiger partial charge in [-0.3, -0.25) is 4.79 Å². The summed E-state index contributed by atoms with van der Waals surface area (Å²) in [4.78, 5) is 10.2. The van der Waals surface area contributed by atoms with Gasteiger partial charge in [-0.2, -0.15) is 12.6 Å². The quantitative estimate of drug-likeness (QED) is 0.507. The molecule has 0 aromatic heterocycles. The molecule has 0 fully saturated rings. The summed E-state index contributed by atoms with van der Waals surface area (Å²) < 4.78 is 0. The van der Waals surface area contributed by atoms with Crippen LogP contribution >= 0.6 is 12.6 Å². The molecule has 3 heteroatoms. The Balaban J connectivity index is 3.00. The van der Waals surface area contributed by atoms with Crippen LogP contribution in [0, 0.1) is 0 Å².